The third-order valence-electron chi connectivity index (χ3n) is 4.05. The van der Waals surface area contributed by atoms with Crippen molar-refractivity contribution in [3.63, 3.8) is 0 Å². The van der Waals surface area contributed by atoms with E-state index < -0.39 is 0 Å². The standard InChI is InChI=1S/C17H20N2OS/c1-12-4-3-5-14(10-12)18-17(20)11-19-8-6-16-15(13(19)2)7-9-21-16/h3-5,7,9-10,13H,6,8,11H2,1-2H3,(H,18,20)/t13-/m1/s1. The summed E-state index contributed by atoms with van der Waals surface area (Å²) in [6, 6.07) is 10.4. The lowest BCUT2D eigenvalue weighted by Crippen LogP contribution is -2.39. The number of hydrogen-bond acceptors (Lipinski definition) is 3. The zero-order valence-electron chi connectivity index (χ0n) is 12.4. The van der Waals surface area contributed by atoms with Crippen LogP contribution in [0.15, 0.2) is 35.7 Å². The van der Waals surface area contributed by atoms with Crippen LogP contribution in [0.2, 0.25) is 0 Å². The van der Waals surface area contributed by atoms with Gasteiger partial charge in [-0.05, 0) is 55.0 Å². The largest absolute Gasteiger partial charge is 0.325 e. The lowest BCUT2D eigenvalue weighted by atomic mass is 10.0. The minimum atomic E-state index is 0.0612. The van der Waals surface area contributed by atoms with Gasteiger partial charge in [-0.2, -0.15) is 0 Å². The molecule has 0 fully saturated rings. The number of anilines is 1. The highest BCUT2D eigenvalue weighted by Gasteiger charge is 2.25. The molecule has 1 aromatic heterocycles. The van der Waals surface area contributed by atoms with Crippen molar-refractivity contribution in [2.75, 3.05) is 18.4 Å². The van der Waals surface area contributed by atoms with Gasteiger partial charge >= 0.3 is 0 Å². The fourth-order valence-electron chi connectivity index (χ4n) is 2.89. The van der Waals surface area contributed by atoms with Gasteiger partial charge in [-0.25, -0.2) is 0 Å². The van der Waals surface area contributed by atoms with Gasteiger partial charge in [0.1, 0.15) is 0 Å². The third-order valence-corrected chi connectivity index (χ3v) is 5.05. The molecule has 3 nitrogen and oxygen atoms in total. The van der Waals surface area contributed by atoms with E-state index in [1.807, 2.05) is 42.5 Å². The van der Waals surface area contributed by atoms with Crippen molar-refractivity contribution in [2.45, 2.75) is 26.3 Å². The number of benzene rings is 1. The predicted molar refractivity (Wildman–Crippen MR) is 87.8 cm³/mol. The van der Waals surface area contributed by atoms with Crippen molar-refractivity contribution >= 4 is 22.9 Å². The Labute approximate surface area is 129 Å². The molecule has 0 unspecified atom stereocenters. The van der Waals surface area contributed by atoms with E-state index in [2.05, 4.69) is 28.6 Å². The number of carbonyl (C=O) groups excluding carboxylic acids is 1. The number of fused-ring (bicyclic) bond motifs is 1. The normalized spacial score (nSPS) is 18.3. The topological polar surface area (TPSA) is 32.3 Å². The summed E-state index contributed by atoms with van der Waals surface area (Å²) in [5, 5.41) is 5.14. The Morgan fingerprint density at radius 1 is 1.43 bits per heavy atom. The van der Waals surface area contributed by atoms with Crippen molar-refractivity contribution in [3.05, 3.63) is 51.7 Å². The Hall–Kier alpha value is -1.65. The van der Waals surface area contributed by atoms with Crippen LogP contribution in [-0.2, 0) is 11.2 Å². The third kappa shape index (κ3) is 3.17. The summed E-state index contributed by atoms with van der Waals surface area (Å²) in [7, 11) is 0. The van der Waals surface area contributed by atoms with E-state index in [0.717, 1.165) is 24.2 Å². The summed E-state index contributed by atoms with van der Waals surface area (Å²) < 4.78 is 0. The molecule has 1 aliphatic rings. The van der Waals surface area contributed by atoms with E-state index in [1.54, 1.807) is 0 Å². The van der Waals surface area contributed by atoms with Gasteiger partial charge in [-0.3, -0.25) is 9.69 Å². The number of nitrogens with one attached hydrogen (secondary N) is 1. The van der Waals surface area contributed by atoms with Crippen LogP contribution in [0, 0.1) is 6.92 Å². The predicted octanol–water partition coefficient (Wildman–Crippen LogP) is 3.61. The molecular weight excluding hydrogens is 280 g/mol. The fourth-order valence-corrected chi connectivity index (χ4v) is 3.85. The molecule has 3 rings (SSSR count). The molecule has 1 atom stereocenters. The highest BCUT2D eigenvalue weighted by molar-refractivity contribution is 7.10. The molecule has 1 aromatic carbocycles. The Morgan fingerprint density at radius 3 is 3.10 bits per heavy atom. The van der Waals surface area contributed by atoms with E-state index in [4.69, 9.17) is 0 Å². The smallest absolute Gasteiger partial charge is 0.238 e. The number of amides is 1. The summed E-state index contributed by atoms with van der Waals surface area (Å²) in [4.78, 5) is 16.0. The first kappa shape index (κ1) is 14.3. The zero-order chi connectivity index (χ0) is 14.8. The van der Waals surface area contributed by atoms with Gasteiger partial charge in [0.25, 0.3) is 0 Å². The van der Waals surface area contributed by atoms with Crippen LogP contribution >= 0.6 is 11.3 Å². The number of thiophene rings is 1. The molecule has 110 valence electrons. The van der Waals surface area contributed by atoms with Gasteiger partial charge in [0, 0.05) is 23.2 Å². The van der Waals surface area contributed by atoms with E-state index in [9.17, 15) is 4.79 Å². The molecule has 2 heterocycles. The number of aryl methyl sites for hydroxylation is 1. The van der Waals surface area contributed by atoms with E-state index in [0.29, 0.717) is 12.6 Å². The fraction of sp³-hybridized carbons (Fsp3) is 0.353. The van der Waals surface area contributed by atoms with Crippen LogP contribution in [0.25, 0.3) is 0 Å². The second kappa shape index (κ2) is 6.00. The minimum Gasteiger partial charge on any atom is -0.325 e. The first-order valence-corrected chi connectivity index (χ1v) is 8.18. The first-order valence-electron chi connectivity index (χ1n) is 7.30. The Kier molecular flexibility index (Phi) is 4.08. The molecule has 1 amide bonds. The van der Waals surface area contributed by atoms with Crippen molar-refractivity contribution in [1.82, 2.24) is 4.90 Å². The Bertz CT molecular complexity index is 650. The monoisotopic (exact) mass is 300 g/mol. The lowest BCUT2D eigenvalue weighted by molar-refractivity contribution is -0.117. The van der Waals surface area contributed by atoms with E-state index in [1.165, 1.54) is 10.4 Å². The van der Waals surface area contributed by atoms with Gasteiger partial charge in [0.15, 0.2) is 0 Å². The van der Waals surface area contributed by atoms with Gasteiger partial charge in [0.05, 0.1) is 6.54 Å². The minimum absolute atomic E-state index is 0.0612. The van der Waals surface area contributed by atoms with Gasteiger partial charge in [0.2, 0.25) is 5.91 Å². The number of nitrogens with zero attached hydrogens (tertiary/aromatic N) is 1. The summed E-state index contributed by atoms with van der Waals surface area (Å²) >= 11 is 1.83. The quantitative estimate of drug-likeness (QED) is 0.939. The van der Waals surface area contributed by atoms with Crippen LogP contribution in [0.4, 0.5) is 5.69 Å². The van der Waals surface area contributed by atoms with Gasteiger partial charge in [-0.15, -0.1) is 11.3 Å². The highest BCUT2D eigenvalue weighted by atomic mass is 32.1. The first-order chi connectivity index (χ1) is 10.1. The van der Waals surface area contributed by atoms with E-state index >= 15 is 0 Å². The average molecular weight is 300 g/mol. The highest BCUT2D eigenvalue weighted by Crippen LogP contribution is 2.32. The van der Waals surface area contributed by atoms with Crippen LogP contribution < -0.4 is 5.32 Å². The molecule has 21 heavy (non-hydrogen) atoms. The summed E-state index contributed by atoms with van der Waals surface area (Å²) in [5.74, 6) is 0.0612. The van der Waals surface area contributed by atoms with Crippen LogP contribution in [0.1, 0.15) is 29.0 Å². The van der Waals surface area contributed by atoms with Crippen molar-refractivity contribution in [1.29, 1.82) is 0 Å². The Balaban J connectivity index is 1.63. The number of hydrogen-bond donors (Lipinski definition) is 1. The molecule has 0 saturated carbocycles. The molecule has 2 aromatic rings. The molecule has 0 radical (unpaired) electrons. The van der Waals surface area contributed by atoms with Crippen LogP contribution in [0.3, 0.4) is 0 Å². The van der Waals surface area contributed by atoms with Crippen LogP contribution in [0.5, 0.6) is 0 Å². The molecule has 0 spiro atoms. The maximum absolute atomic E-state index is 12.2. The van der Waals surface area contributed by atoms with Crippen molar-refractivity contribution in [3.8, 4) is 0 Å². The zero-order valence-corrected chi connectivity index (χ0v) is 13.2. The molecule has 4 heteroatoms. The second-order valence-electron chi connectivity index (χ2n) is 5.61. The van der Waals surface area contributed by atoms with Gasteiger partial charge in [-0.1, -0.05) is 12.1 Å². The molecule has 0 bridgehead atoms. The molecule has 1 aliphatic heterocycles. The summed E-state index contributed by atoms with van der Waals surface area (Å²) in [5.41, 5.74) is 3.41. The summed E-state index contributed by atoms with van der Waals surface area (Å²) in [6.07, 6.45) is 1.05. The Morgan fingerprint density at radius 2 is 2.29 bits per heavy atom. The molecule has 1 N–H and O–H groups in total. The van der Waals surface area contributed by atoms with Crippen LogP contribution in [-0.4, -0.2) is 23.9 Å². The summed E-state index contributed by atoms with van der Waals surface area (Å²) in [6.45, 7) is 5.62. The molecule has 0 aliphatic carbocycles. The molecular formula is C17H20N2OS. The second-order valence-corrected chi connectivity index (χ2v) is 6.61. The van der Waals surface area contributed by atoms with E-state index in [-0.39, 0.29) is 5.91 Å². The number of carbonyl (C=O) groups is 1. The lowest BCUT2D eigenvalue weighted by Gasteiger charge is -2.32. The SMILES string of the molecule is Cc1cccc(NC(=O)CN2CCc3sccc3[C@H]2C)c1. The number of rotatable bonds is 3. The van der Waals surface area contributed by atoms with Crippen molar-refractivity contribution in [2.24, 2.45) is 0 Å². The van der Waals surface area contributed by atoms with Gasteiger partial charge < -0.3 is 5.32 Å². The maximum atomic E-state index is 12.2. The average Bonchev–Trinajstić information content (AvgIpc) is 2.91. The molecule has 0 saturated heterocycles. The van der Waals surface area contributed by atoms with Crippen molar-refractivity contribution < 1.29 is 4.79 Å². The maximum Gasteiger partial charge on any atom is 0.238 e.